The number of benzene rings is 2. The number of amides is 2. The molecule has 2 atom stereocenters. The minimum Gasteiger partial charge on any atom is -0.376 e. The maximum Gasteiger partial charge on any atom is 0.279 e. The number of hydrogen-bond donors (Lipinski definition) is 2. The van der Waals surface area contributed by atoms with Crippen molar-refractivity contribution in [1.29, 1.82) is 0 Å². The third-order valence-corrected chi connectivity index (χ3v) is 9.85. The van der Waals surface area contributed by atoms with Crippen LogP contribution in [-0.2, 0) is 14.3 Å². The van der Waals surface area contributed by atoms with Crippen molar-refractivity contribution in [2.45, 2.75) is 112 Å². The number of likely N-dealkylation sites (tertiary alicyclic amines) is 1. The maximum atomic E-state index is 13.5. The van der Waals surface area contributed by atoms with Gasteiger partial charge in [-0.2, -0.15) is 0 Å². The van der Waals surface area contributed by atoms with Crippen LogP contribution in [-0.4, -0.2) is 79.7 Å². The summed E-state index contributed by atoms with van der Waals surface area (Å²) < 4.78 is 6.62. The molecule has 46 heavy (non-hydrogen) atoms. The highest BCUT2D eigenvalue weighted by atomic mass is 16.5. The lowest BCUT2D eigenvalue weighted by molar-refractivity contribution is -0.921. The predicted molar refractivity (Wildman–Crippen MR) is 193 cm³/mol. The SMILES string of the molecule is CCCCC[N+](CCCCCCN1CCCCC1C(=O)Nc1c(C)cccc1C)(CCOCC)CC(=O)Nc1c(C)cccc1C. The van der Waals surface area contributed by atoms with Crippen molar-refractivity contribution >= 4 is 23.2 Å². The Morgan fingerprint density at radius 1 is 0.783 bits per heavy atom. The van der Waals surface area contributed by atoms with Crippen molar-refractivity contribution in [2.75, 3.05) is 63.1 Å². The molecule has 0 bridgehead atoms. The lowest BCUT2D eigenvalue weighted by atomic mass is 10.00. The van der Waals surface area contributed by atoms with Crippen molar-refractivity contribution in [3.63, 3.8) is 0 Å². The number of unbranched alkanes of at least 4 members (excludes halogenated alkanes) is 5. The number of aryl methyl sites for hydroxylation is 4. The van der Waals surface area contributed by atoms with Gasteiger partial charge in [-0.05, 0) is 115 Å². The molecule has 1 aliphatic heterocycles. The molecule has 0 radical (unpaired) electrons. The van der Waals surface area contributed by atoms with E-state index in [2.05, 4.69) is 74.4 Å². The van der Waals surface area contributed by atoms with Crippen LogP contribution in [0.4, 0.5) is 11.4 Å². The molecule has 2 amide bonds. The molecular formula is C39H63N4O3+. The largest absolute Gasteiger partial charge is 0.376 e. The minimum atomic E-state index is -0.0513. The highest BCUT2D eigenvalue weighted by Crippen LogP contribution is 2.24. The number of nitrogens with zero attached hydrogens (tertiary/aromatic N) is 2. The molecule has 7 heteroatoms. The first-order valence-corrected chi connectivity index (χ1v) is 18.1. The Hall–Kier alpha value is -2.74. The predicted octanol–water partition coefficient (Wildman–Crippen LogP) is 7.96. The molecule has 1 saturated heterocycles. The molecule has 2 aromatic carbocycles. The summed E-state index contributed by atoms with van der Waals surface area (Å²) in [5.74, 6) is 0.237. The van der Waals surface area contributed by atoms with Gasteiger partial charge in [0.15, 0.2) is 6.54 Å². The van der Waals surface area contributed by atoms with E-state index in [0.29, 0.717) is 19.8 Å². The third-order valence-electron chi connectivity index (χ3n) is 9.85. The van der Waals surface area contributed by atoms with E-state index in [1.807, 2.05) is 19.1 Å². The van der Waals surface area contributed by atoms with Crippen LogP contribution in [0.15, 0.2) is 36.4 Å². The molecule has 0 aromatic heterocycles. The molecule has 0 spiro atoms. The van der Waals surface area contributed by atoms with Crippen LogP contribution < -0.4 is 10.6 Å². The van der Waals surface area contributed by atoms with Gasteiger partial charge in [-0.1, -0.05) is 62.6 Å². The molecule has 2 unspecified atom stereocenters. The molecule has 7 nitrogen and oxygen atoms in total. The maximum absolute atomic E-state index is 13.5. The number of hydrogen-bond acceptors (Lipinski definition) is 4. The number of rotatable bonds is 20. The van der Waals surface area contributed by atoms with Gasteiger partial charge in [0.05, 0.1) is 25.7 Å². The van der Waals surface area contributed by atoms with Crippen molar-refractivity contribution < 1.29 is 18.8 Å². The minimum absolute atomic E-state index is 0.0513. The second kappa shape index (κ2) is 19.8. The molecule has 256 valence electrons. The van der Waals surface area contributed by atoms with E-state index in [0.717, 1.165) is 122 Å². The van der Waals surface area contributed by atoms with Gasteiger partial charge in [-0.3, -0.25) is 14.5 Å². The van der Waals surface area contributed by atoms with E-state index >= 15 is 0 Å². The molecular weight excluding hydrogens is 572 g/mol. The zero-order chi connectivity index (χ0) is 33.4. The summed E-state index contributed by atoms with van der Waals surface area (Å²) in [5.41, 5.74) is 6.34. The number of carbonyl (C=O) groups is 2. The topological polar surface area (TPSA) is 70.7 Å². The van der Waals surface area contributed by atoms with Crippen LogP contribution in [0.1, 0.15) is 100 Å². The Balaban J connectivity index is 1.56. The number of quaternary nitrogens is 1. The number of para-hydroxylation sites is 2. The van der Waals surface area contributed by atoms with E-state index in [4.69, 9.17) is 4.74 Å². The van der Waals surface area contributed by atoms with Gasteiger partial charge in [0.1, 0.15) is 6.54 Å². The highest BCUT2D eigenvalue weighted by Gasteiger charge is 2.31. The zero-order valence-corrected chi connectivity index (χ0v) is 29.9. The number of ether oxygens (including phenoxy) is 1. The summed E-state index contributed by atoms with van der Waals surface area (Å²) in [5, 5.41) is 6.52. The lowest BCUT2D eigenvalue weighted by Gasteiger charge is -2.38. The summed E-state index contributed by atoms with van der Waals surface area (Å²) in [7, 11) is 0. The summed E-state index contributed by atoms with van der Waals surface area (Å²) >= 11 is 0. The van der Waals surface area contributed by atoms with E-state index in [9.17, 15) is 9.59 Å². The van der Waals surface area contributed by atoms with Crippen LogP contribution in [0.5, 0.6) is 0 Å². The summed E-state index contributed by atoms with van der Waals surface area (Å²) in [6.07, 6.45) is 11.1. The fourth-order valence-electron chi connectivity index (χ4n) is 7.06. The Morgan fingerprint density at radius 2 is 1.37 bits per heavy atom. The molecule has 2 N–H and O–H groups in total. The Bertz CT molecular complexity index is 1180. The monoisotopic (exact) mass is 635 g/mol. The quantitative estimate of drug-likeness (QED) is 0.114. The van der Waals surface area contributed by atoms with Gasteiger partial charge < -0.3 is 19.9 Å². The third kappa shape index (κ3) is 11.8. The summed E-state index contributed by atoms with van der Waals surface area (Å²) in [6, 6.07) is 12.3. The van der Waals surface area contributed by atoms with Crippen molar-refractivity contribution in [3.05, 3.63) is 58.7 Å². The van der Waals surface area contributed by atoms with Crippen LogP contribution >= 0.6 is 0 Å². The average molecular weight is 636 g/mol. The fourth-order valence-corrected chi connectivity index (χ4v) is 7.06. The summed E-state index contributed by atoms with van der Waals surface area (Å²) in [6.45, 7) is 19.2. The second-order valence-corrected chi connectivity index (χ2v) is 13.6. The van der Waals surface area contributed by atoms with E-state index in [1.54, 1.807) is 0 Å². The van der Waals surface area contributed by atoms with Gasteiger partial charge in [0.25, 0.3) is 5.91 Å². The standard InChI is InChI=1S/C39H62N4O3/c1-7-9-15-26-43(28-29-46-8-2,30-36(44)40-37-31(3)19-17-20-32(37)4)27-16-11-10-13-24-42-25-14-12-23-35(42)39(45)41-38-33(5)21-18-22-34(38)6/h17-22,35H,7-16,23-30H2,1-6H3,(H-,40,41,44,45)/p+1. The fraction of sp³-hybridized carbons (Fsp3) is 0.641. The number of nitrogens with one attached hydrogen (secondary N) is 2. The smallest absolute Gasteiger partial charge is 0.279 e. The first-order valence-electron chi connectivity index (χ1n) is 18.1. The van der Waals surface area contributed by atoms with E-state index < -0.39 is 0 Å². The first kappa shape index (κ1) is 37.7. The molecule has 0 aliphatic carbocycles. The van der Waals surface area contributed by atoms with Gasteiger partial charge >= 0.3 is 0 Å². The molecule has 3 rings (SSSR count). The van der Waals surface area contributed by atoms with Crippen LogP contribution in [0.2, 0.25) is 0 Å². The van der Waals surface area contributed by atoms with Gasteiger partial charge in [0.2, 0.25) is 5.91 Å². The lowest BCUT2D eigenvalue weighted by Crippen LogP contribution is -2.55. The molecule has 1 fully saturated rings. The van der Waals surface area contributed by atoms with Crippen LogP contribution in [0.3, 0.4) is 0 Å². The zero-order valence-electron chi connectivity index (χ0n) is 29.9. The van der Waals surface area contributed by atoms with E-state index in [-0.39, 0.29) is 17.9 Å². The Labute approximate surface area is 280 Å². The van der Waals surface area contributed by atoms with Gasteiger partial charge in [-0.25, -0.2) is 0 Å². The highest BCUT2D eigenvalue weighted by molar-refractivity contribution is 5.96. The molecule has 0 saturated carbocycles. The number of piperidine rings is 1. The number of anilines is 2. The van der Waals surface area contributed by atoms with Crippen molar-refractivity contribution in [3.8, 4) is 0 Å². The first-order chi connectivity index (χ1) is 22.2. The number of carbonyl (C=O) groups excluding carboxylic acids is 2. The van der Waals surface area contributed by atoms with Crippen molar-refractivity contribution in [1.82, 2.24) is 4.90 Å². The van der Waals surface area contributed by atoms with Crippen molar-refractivity contribution in [2.24, 2.45) is 0 Å². The second-order valence-electron chi connectivity index (χ2n) is 13.6. The molecule has 2 aromatic rings. The Kier molecular flexibility index (Phi) is 16.2. The van der Waals surface area contributed by atoms with Crippen LogP contribution in [0, 0.1) is 27.7 Å². The van der Waals surface area contributed by atoms with E-state index in [1.165, 1.54) is 12.8 Å². The van der Waals surface area contributed by atoms with Gasteiger partial charge in [0, 0.05) is 18.0 Å². The normalized spacial score (nSPS) is 16.6. The molecule has 1 heterocycles. The molecule has 1 aliphatic rings. The van der Waals surface area contributed by atoms with Gasteiger partial charge in [-0.15, -0.1) is 0 Å². The van der Waals surface area contributed by atoms with Crippen LogP contribution in [0.25, 0.3) is 0 Å². The Morgan fingerprint density at radius 3 is 1.98 bits per heavy atom. The average Bonchev–Trinajstić information content (AvgIpc) is 3.03. The summed E-state index contributed by atoms with van der Waals surface area (Å²) in [4.78, 5) is 29.3.